The molecular weight excluding hydrogens is 450 g/mol. The highest BCUT2D eigenvalue weighted by Crippen LogP contribution is 2.14. The molecule has 0 fully saturated rings. The zero-order valence-electron chi connectivity index (χ0n) is 16.4. The van der Waals surface area contributed by atoms with Crippen LogP contribution in [-0.2, 0) is 23.1 Å². The Morgan fingerprint density at radius 3 is 2.52 bits per heavy atom. The van der Waals surface area contributed by atoms with Crippen LogP contribution in [0.3, 0.4) is 0 Å². The van der Waals surface area contributed by atoms with Gasteiger partial charge in [0.25, 0.3) is 5.91 Å². The second kappa shape index (κ2) is 9.51. The van der Waals surface area contributed by atoms with Crippen LogP contribution in [0.1, 0.15) is 31.8 Å². The van der Waals surface area contributed by atoms with Crippen molar-refractivity contribution in [1.82, 2.24) is 30.5 Å². The van der Waals surface area contributed by atoms with Gasteiger partial charge in [0.05, 0.1) is 40.6 Å². The van der Waals surface area contributed by atoms with E-state index < -0.39 is 32.5 Å². The molecule has 3 N–H and O–H groups in total. The van der Waals surface area contributed by atoms with Crippen LogP contribution in [0.15, 0.2) is 35.5 Å². The predicted octanol–water partition coefficient (Wildman–Crippen LogP) is 1.74. The summed E-state index contributed by atoms with van der Waals surface area (Å²) < 4.78 is 53.1. The van der Waals surface area contributed by atoms with Crippen molar-refractivity contribution in [3.05, 3.63) is 69.2 Å². The average molecular weight is 469 g/mol. The minimum atomic E-state index is -4.10. The van der Waals surface area contributed by atoms with E-state index in [1.54, 1.807) is 13.1 Å². The van der Waals surface area contributed by atoms with Gasteiger partial charge in [-0.1, -0.05) is 0 Å². The van der Waals surface area contributed by atoms with Crippen LogP contribution in [0.25, 0.3) is 0 Å². The molecule has 9 nitrogen and oxygen atoms in total. The smallest absolute Gasteiger partial charge is 0.285 e. The van der Waals surface area contributed by atoms with Crippen molar-refractivity contribution in [2.24, 2.45) is 0 Å². The van der Waals surface area contributed by atoms with Gasteiger partial charge in [-0.2, -0.15) is 0 Å². The number of aryl methyl sites for hydroxylation is 2. The largest absolute Gasteiger partial charge is 0.286 e. The summed E-state index contributed by atoms with van der Waals surface area (Å²) in [5, 5.41) is 0.917. The van der Waals surface area contributed by atoms with Gasteiger partial charge in [-0.3, -0.25) is 15.2 Å². The van der Waals surface area contributed by atoms with E-state index in [-0.39, 0.29) is 17.9 Å². The third-order valence-corrected chi connectivity index (χ3v) is 6.36. The minimum absolute atomic E-state index is 0.0395. The summed E-state index contributed by atoms with van der Waals surface area (Å²) in [6.45, 7) is 3.60. The maximum absolute atomic E-state index is 13.3. The highest BCUT2D eigenvalue weighted by Gasteiger charge is 2.18. The molecule has 0 unspecified atom stereocenters. The average Bonchev–Trinajstić information content (AvgIpc) is 3.14. The lowest BCUT2D eigenvalue weighted by molar-refractivity contribution is 0.0926. The van der Waals surface area contributed by atoms with Crippen LogP contribution in [0.5, 0.6) is 0 Å². The number of nitrogens with zero attached hydrogens (tertiary/aromatic N) is 3. The summed E-state index contributed by atoms with van der Waals surface area (Å²) in [6.07, 6.45) is 2.92. The molecule has 0 bridgehead atoms. The number of sulfonamides is 1. The number of benzene rings is 1. The Balaban J connectivity index is 1.59. The maximum atomic E-state index is 13.3. The first-order chi connectivity index (χ1) is 14.7. The summed E-state index contributed by atoms with van der Waals surface area (Å²) in [6, 6.07) is 2.27. The first-order valence-corrected chi connectivity index (χ1v) is 11.2. The van der Waals surface area contributed by atoms with Crippen LogP contribution in [0.4, 0.5) is 8.78 Å². The Bertz CT molecular complexity index is 1220. The first kappa shape index (κ1) is 22.8. The number of aromatic nitrogens is 3. The van der Waals surface area contributed by atoms with Gasteiger partial charge in [0, 0.05) is 11.1 Å². The summed E-state index contributed by atoms with van der Waals surface area (Å²) in [5.41, 5.74) is 5.92. The molecule has 31 heavy (non-hydrogen) atoms. The molecule has 164 valence electrons. The molecule has 1 amide bonds. The summed E-state index contributed by atoms with van der Waals surface area (Å²) in [5.74, 6) is -2.93. The summed E-state index contributed by atoms with van der Waals surface area (Å²) in [4.78, 5) is 25.1. The van der Waals surface area contributed by atoms with E-state index in [4.69, 9.17) is 0 Å². The topological polar surface area (TPSA) is 126 Å². The second-order valence-corrected chi connectivity index (χ2v) is 9.43. The molecule has 0 saturated carbocycles. The lowest BCUT2D eigenvalue weighted by Crippen LogP contribution is -2.37. The fraction of sp³-hybridized carbons (Fsp3) is 0.222. The number of amides is 1. The van der Waals surface area contributed by atoms with Gasteiger partial charge in [0.15, 0.2) is 11.6 Å². The number of hydrogen-bond acceptors (Lipinski definition) is 8. The third-order valence-electron chi connectivity index (χ3n) is 4.05. The number of rotatable bonds is 8. The van der Waals surface area contributed by atoms with Crippen LogP contribution in [0, 0.1) is 25.5 Å². The minimum Gasteiger partial charge on any atom is -0.286 e. The fourth-order valence-electron chi connectivity index (χ4n) is 2.44. The maximum Gasteiger partial charge on any atom is 0.285 e. The Morgan fingerprint density at radius 2 is 1.87 bits per heavy atom. The van der Waals surface area contributed by atoms with E-state index in [0.717, 1.165) is 22.0 Å². The molecule has 0 saturated heterocycles. The molecule has 3 rings (SSSR count). The molecule has 2 heterocycles. The molecule has 1 aromatic carbocycles. The summed E-state index contributed by atoms with van der Waals surface area (Å²) >= 11 is 1.50. The fourth-order valence-corrected chi connectivity index (χ4v) is 4.18. The second-order valence-electron chi connectivity index (χ2n) is 6.34. The quantitative estimate of drug-likeness (QED) is 0.430. The Kier molecular flexibility index (Phi) is 7.00. The van der Waals surface area contributed by atoms with Crippen molar-refractivity contribution in [2.45, 2.75) is 31.8 Å². The predicted molar refractivity (Wildman–Crippen MR) is 108 cm³/mol. The van der Waals surface area contributed by atoms with Crippen molar-refractivity contribution in [3.8, 4) is 0 Å². The van der Waals surface area contributed by atoms with E-state index in [0.29, 0.717) is 18.3 Å². The Hall–Kier alpha value is -2.87. The van der Waals surface area contributed by atoms with Gasteiger partial charge in [0.1, 0.15) is 5.69 Å². The number of carbonyl (C=O) groups excluding carboxylic acids is 1. The van der Waals surface area contributed by atoms with Crippen LogP contribution >= 0.6 is 11.3 Å². The molecular formula is C18H18F2N6O3S2. The van der Waals surface area contributed by atoms with Crippen molar-refractivity contribution in [3.63, 3.8) is 0 Å². The zero-order valence-corrected chi connectivity index (χ0v) is 18.1. The highest BCUT2D eigenvalue weighted by atomic mass is 32.2. The SMILES string of the molecule is Cc1ncc(CNNC(=O)c2cnc(CNS(=O)(=O)c3ccc(F)c(F)c3)c(C)n2)s1. The number of halogens is 2. The molecule has 0 atom stereocenters. The monoisotopic (exact) mass is 468 g/mol. The number of carbonyl (C=O) groups is 1. The van der Waals surface area contributed by atoms with Gasteiger partial charge in [0.2, 0.25) is 10.0 Å². The first-order valence-electron chi connectivity index (χ1n) is 8.87. The van der Waals surface area contributed by atoms with E-state index in [1.807, 2.05) is 6.92 Å². The van der Waals surface area contributed by atoms with E-state index in [1.165, 1.54) is 17.5 Å². The van der Waals surface area contributed by atoms with Crippen molar-refractivity contribution in [2.75, 3.05) is 0 Å². The van der Waals surface area contributed by atoms with E-state index in [2.05, 4.69) is 30.5 Å². The molecule has 0 aliphatic rings. The van der Waals surface area contributed by atoms with Gasteiger partial charge in [-0.15, -0.1) is 11.3 Å². The molecule has 0 aliphatic heterocycles. The lowest BCUT2D eigenvalue weighted by atomic mass is 10.3. The highest BCUT2D eigenvalue weighted by molar-refractivity contribution is 7.89. The third kappa shape index (κ3) is 5.85. The number of hydrazine groups is 1. The van der Waals surface area contributed by atoms with Crippen molar-refractivity contribution in [1.29, 1.82) is 0 Å². The summed E-state index contributed by atoms with van der Waals surface area (Å²) in [7, 11) is -4.10. The standard InChI is InChI=1S/C18H18F2N6O3S2/c1-10-16(9-24-31(28,29)13-3-4-14(19)15(20)5-13)22-8-17(25-10)18(27)26-23-7-12-6-21-11(2)30-12/h3-6,8,23-24H,7,9H2,1-2H3,(H,26,27). The number of hydrogen-bond donors (Lipinski definition) is 3. The van der Waals surface area contributed by atoms with Crippen molar-refractivity contribution < 1.29 is 22.0 Å². The van der Waals surface area contributed by atoms with Gasteiger partial charge in [-0.05, 0) is 32.0 Å². The Morgan fingerprint density at radius 1 is 1.10 bits per heavy atom. The molecule has 3 aromatic rings. The van der Waals surface area contributed by atoms with Gasteiger partial charge < -0.3 is 0 Å². The number of thiazole rings is 1. The number of nitrogens with one attached hydrogen (secondary N) is 3. The molecule has 0 spiro atoms. The van der Waals surface area contributed by atoms with Crippen LogP contribution in [-0.4, -0.2) is 29.3 Å². The molecule has 0 radical (unpaired) electrons. The van der Waals surface area contributed by atoms with Gasteiger partial charge in [-0.25, -0.2) is 37.3 Å². The van der Waals surface area contributed by atoms with E-state index >= 15 is 0 Å². The van der Waals surface area contributed by atoms with Gasteiger partial charge >= 0.3 is 0 Å². The normalized spacial score (nSPS) is 11.5. The molecule has 0 aliphatic carbocycles. The van der Waals surface area contributed by atoms with E-state index in [9.17, 15) is 22.0 Å². The van der Waals surface area contributed by atoms with Crippen LogP contribution < -0.4 is 15.6 Å². The lowest BCUT2D eigenvalue weighted by Gasteiger charge is -2.10. The van der Waals surface area contributed by atoms with Crippen LogP contribution in [0.2, 0.25) is 0 Å². The zero-order chi connectivity index (χ0) is 22.6. The molecule has 2 aromatic heterocycles. The Labute approximate surface area is 181 Å². The van der Waals surface area contributed by atoms with Crippen molar-refractivity contribution >= 4 is 27.3 Å². The molecule has 13 heteroatoms.